The van der Waals surface area contributed by atoms with Crippen LogP contribution in [-0.4, -0.2) is 46.4 Å². The largest absolute Gasteiger partial charge is 0.469 e. The smallest absolute Gasteiger partial charge is 0.250 e. The highest BCUT2D eigenvalue weighted by molar-refractivity contribution is 5.33. The molecule has 1 aliphatic carbocycles. The number of hydrogen-bond acceptors (Lipinski definition) is 6. The Morgan fingerprint density at radius 3 is 2.78 bits per heavy atom. The molecular weight excluding hydrogens is 299 g/mol. The van der Waals surface area contributed by atoms with Gasteiger partial charge in [-0.05, 0) is 31.0 Å². The van der Waals surface area contributed by atoms with Gasteiger partial charge in [0.15, 0.2) is 5.82 Å². The third-order valence-corrected chi connectivity index (χ3v) is 4.33. The average Bonchev–Trinajstić information content (AvgIpc) is 3.01. The Hall–Kier alpha value is -2.28. The molecule has 1 saturated carbocycles. The summed E-state index contributed by atoms with van der Waals surface area (Å²) in [4.78, 5) is 14.8. The lowest BCUT2D eigenvalue weighted by atomic mass is 10.1. The molecule has 0 amide bonds. The van der Waals surface area contributed by atoms with Crippen molar-refractivity contribution in [2.75, 3.05) is 18.1 Å². The summed E-state index contributed by atoms with van der Waals surface area (Å²) >= 11 is 0. The van der Waals surface area contributed by atoms with Crippen molar-refractivity contribution in [1.29, 1.82) is 0 Å². The second-order valence-corrected chi connectivity index (χ2v) is 5.67. The van der Waals surface area contributed by atoms with E-state index in [2.05, 4.69) is 19.9 Å². The molecule has 120 valence electrons. The van der Waals surface area contributed by atoms with Crippen LogP contribution in [0.5, 0.6) is 5.88 Å². The Labute approximate surface area is 133 Å². The van der Waals surface area contributed by atoms with E-state index < -0.39 is 5.82 Å². The molecule has 2 aliphatic rings. The van der Waals surface area contributed by atoms with Crippen molar-refractivity contribution in [3.8, 4) is 5.88 Å². The van der Waals surface area contributed by atoms with E-state index in [0.29, 0.717) is 12.6 Å². The molecule has 0 aromatic carbocycles. The zero-order valence-corrected chi connectivity index (χ0v) is 12.5. The Kier molecular flexibility index (Phi) is 3.78. The zero-order chi connectivity index (χ0) is 15.6. The lowest BCUT2D eigenvalue weighted by Gasteiger charge is -2.38. The molecule has 23 heavy (non-hydrogen) atoms. The fourth-order valence-corrected chi connectivity index (χ4v) is 3.33. The van der Waals surface area contributed by atoms with Crippen molar-refractivity contribution >= 4 is 5.95 Å². The molecule has 0 spiro atoms. The Balaban J connectivity index is 1.52. The van der Waals surface area contributed by atoms with Gasteiger partial charge in [0.25, 0.3) is 5.88 Å². The van der Waals surface area contributed by atoms with Crippen molar-refractivity contribution in [3.05, 3.63) is 42.6 Å². The highest BCUT2D eigenvalue weighted by atomic mass is 19.1. The molecule has 0 unspecified atom stereocenters. The van der Waals surface area contributed by atoms with Gasteiger partial charge < -0.3 is 14.4 Å². The molecule has 2 aromatic heterocycles. The maximum atomic E-state index is 13.7. The highest BCUT2D eigenvalue weighted by Crippen LogP contribution is 2.34. The Bertz CT molecular complexity index is 672. The quantitative estimate of drug-likeness (QED) is 0.861. The van der Waals surface area contributed by atoms with E-state index in [0.717, 1.165) is 19.4 Å². The zero-order valence-electron chi connectivity index (χ0n) is 12.5. The molecule has 1 aliphatic heterocycles. The van der Waals surface area contributed by atoms with Gasteiger partial charge in [0.05, 0.1) is 12.6 Å². The van der Waals surface area contributed by atoms with Gasteiger partial charge >= 0.3 is 0 Å². The molecule has 2 fully saturated rings. The van der Waals surface area contributed by atoms with Crippen LogP contribution in [-0.2, 0) is 4.74 Å². The van der Waals surface area contributed by atoms with Gasteiger partial charge in [-0.3, -0.25) is 0 Å². The summed E-state index contributed by atoms with van der Waals surface area (Å²) in [5.74, 6) is 0.292. The van der Waals surface area contributed by atoms with Crippen LogP contribution in [0, 0.1) is 5.82 Å². The predicted molar refractivity (Wildman–Crippen MR) is 80.8 cm³/mol. The van der Waals surface area contributed by atoms with Gasteiger partial charge in [0, 0.05) is 25.1 Å². The van der Waals surface area contributed by atoms with Gasteiger partial charge in [-0.2, -0.15) is 0 Å². The number of morpholine rings is 1. The standard InChI is InChI=1S/C16H17FN4O2/c17-11-3-1-6-18-15(11)23-13-5-4-12-14(13)22-10-9-21(12)16-19-7-2-8-20-16/h1-3,6-8,12-14H,4-5,9-10H2/t12-,13+,14+/m0/s1. The van der Waals surface area contributed by atoms with Crippen LogP contribution in [0.2, 0.25) is 0 Å². The number of ether oxygens (including phenoxy) is 2. The van der Waals surface area contributed by atoms with Crippen LogP contribution >= 0.6 is 0 Å². The SMILES string of the molecule is Fc1cccnc1O[C@@H]1CC[C@H]2[C@H]1OCCN2c1ncccn1. The van der Waals surface area contributed by atoms with E-state index in [-0.39, 0.29) is 24.1 Å². The summed E-state index contributed by atoms with van der Waals surface area (Å²) in [6, 6.07) is 4.83. The van der Waals surface area contributed by atoms with Crippen molar-refractivity contribution in [2.24, 2.45) is 0 Å². The van der Waals surface area contributed by atoms with Crippen LogP contribution in [0.1, 0.15) is 12.8 Å². The monoisotopic (exact) mass is 316 g/mol. The average molecular weight is 316 g/mol. The van der Waals surface area contributed by atoms with Gasteiger partial charge in [-0.25, -0.2) is 19.3 Å². The number of halogens is 1. The van der Waals surface area contributed by atoms with Gasteiger partial charge in [0.1, 0.15) is 12.2 Å². The predicted octanol–water partition coefficient (Wildman–Crippen LogP) is 1.83. The molecule has 6 nitrogen and oxygen atoms in total. The number of fused-ring (bicyclic) bond motifs is 1. The minimum atomic E-state index is -0.449. The fraction of sp³-hybridized carbons (Fsp3) is 0.438. The summed E-state index contributed by atoms with van der Waals surface area (Å²) in [7, 11) is 0. The molecule has 0 bridgehead atoms. The Morgan fingerprint density at radius 2 is 1.96 bits per heavy atom. The molecule has 1 saturated heterocycles. The first-order chi connectivity index (χ1) is 11.3. The van der Waals surface area contributed by atoms with E-state index in [4.69, 9.17) is 9.47 Å². The number of aromatic nitrogens is 3. The number of rotatable bonds is 3. The summed E-state index contributed by atoms with van der Waals surface area (Å²) in [5, 5.41) is 0. The molecule has 2 aromatic rings. The van der Waals surface area contributed by atoms with Crippen molar-refractivity contribution in [1.82, 2.24) is 15.0 Å². The number of anilines is 1. The normalized spacial score (nSPS) is 26.8. The van der Waals surface area contributed by atoms with E-state index in [9.17, 15) is 4.39 Å². The van der Waals surface area contributed by atoms with E-state index in [1.165, 1.54) is 12.3 Å². The highest BCUT2D eigenvalue weighted by Gasteiger charge is 2.45. The molecule has 4 rings (SSSR count). The van der Waals surface area contributed by atoms with Crippen molar-refractivity contribution < 1.29 is 13.9 Å². The first-order valence-electron chi connectivity index (χ1n) is 7.75. The second kappa shape index (κ2) is 6.08. The third-order valence-electron chi connectivity index (χ3n) is 4.33. The molecule has 0 radical (unpaired) electrons. The lowest BCUT2D eigenvalue weighted by Crippen LogP contribution is -2.53. The lowest BCUT2D eigenvalue weighted by molar-refractivity contribution is -0.0333. The Morgan fingerprint density at radius 1 is 1.13 bits per heavy atom. The van der Waals surface area contributed by atoms with E-state index in [1.807, 2.05) is 0 Å². The van der Waals surface area contributed by atoms with Crippen LogP contribution in [0.3, 0.4) is 0 Å². The first-order valence-corrected chi connectivity index (χ1v) is 7.75. The summed E-state index contributed by atoms with van der Waals surface area (Å²) in [6.07, 6.45) is 6.33. The van der Waals surface area contributed by atoms with Crippen LogP contribution in [0.15, 0.2) is 36.8 Å². The van der Waals surface area contributed by atoms with Crippen molar-refractivity contribution in [3.63, 3.8) is 0 Å². The molecule has 3 atom stereocenters. The minimum Gasteiger partial charge on any atom is -0.469 e. The van der Waals surface area contributed by atoms with Crippen LogP contribution < -0.4 is 9.64 Å². The summed E-state index contributed by atoms with van der Waals surface area (Å²) in [6.45, 7) is 1.32. The third kappa shape index (κ3) is 2.72. The fourth-order valence-electron chi connectivity index (χ4n) is 3.33. The molecule has 3 heterocycles. The first kappa shape index (κ1) is 14.3. The van der Waals surface area contributed by atoms with E-state index >= 15 is 0 Å². The van der Waals surface area contributed by atoms with Gasteiger partial charge in [-0.1, -0.05) is 0 Å². The van der Waals surface area contributed by atoms with Crippen LogP contribution in [0.25, 0.3) is 0 Å². The molecule has 0 N–H and O–H groups in total. The number of nitrogens with zero attached hydrogens (tertiary/aromatic N) is 4. The maximum Gasteiger partial charge on any atom is 0.250 e. The summed E-state index contributed by atoms with van der Waals surface area (Å²) < 4.78 is 25.4. The van der Waals surface area contributed by atoms with Gasteiger partial charge in [-0.15, -0.1) is 0 Å². The minimum absolute atomic E-state index is 0.0369. The van der Waals surface area contributed by atoms with Crippen LogP contribution in [0.4, 0.5) is 10.3 Å². The molecule has 7 heteroatoms. The van der Waals surface area contributed by atoms with Gasteiger partial charge in [0.2, 0.25) is 5.95 Å². The molecular formula is C16H17FN4O2. The number of pyridine rings is 1. The number of hydrogen-bond donors (Lipinski definition) is 0. The van der Waals surface area contributed by atoms with Crippen molar-refractivity contribution in [2.45, 2.75) is 31.1 Å². The maximum absolute atomic E-state index is 13.7. The van der Waals surface area contributed by atoms with E-state index in [1.54, 1.807) is 24.5 Å². The summed E-state index contributed by atoms with van der Waals surface area (Å²) in [5.41, 5.74) is 0. The topological polar surface area (TPSA) is 60.4 Å². The second-order valence-electron chi connectivity index (χ2n) is 5.67.